The quantitative estimate of drug-likeness (QED) is 0.176. The molecule has 0 amide bonds. The van der Waals surface area contributed by atoms with Crippen molar-refractivity contribution in [3.8, 4) is 33.4 Å². The molecule has 1 aromatic heterocycles. The number of benzene rings is 8. The molecule has 0 fully saturated rings. The largest absolute Gasteiger partial charge is 0.311 e. The number of nitrogens with zero attached hydrogens (tertiary/aromatic N) is 1. The van der Waals surface area contributed by atoms with Crippen molar-refractivity contribution < 1.29 is 0 Å². The smallest absolute Gasteiger partial charge is 0.0462 e. The molecular formula is C49H35NS. The Hall–Kier alpha value is -5.96. The van der Waals surface area contributed by atoms with Crippen molar-refractivity contribution in [1.82, 2.24) is 0 Å². The van der Waals surface area contributed by atoms with Crippen molar-refractivity contribution in [2.24, 2.45) is 0 Å². The van der Waals surface area contributed by atoms with Crippen molar-refractivity contribution in [3.63, 3.8) is 0 Å². The van der Waals surface area contributed by atoms with Crippen LogP contribution < -0.4 is 4.90 Å². The summed E-state index contributed by atoms with van der Waals surface area (Å²) in [6, 6.07) is 64.6. The Morgan fingerprint density at radius 3 is 1.84 bits per heavy atom. The van der Waals surface area contributed by atoms with Crippen molar-refractivity contribution in [1.29, 1.82) is 0 Å². The molecule has 8 aromatic carbocycles. The van der Waals surface area contributed by atoms with E-state index < -0.39 is 0 Å². The van der Waals surface area contributed by atoms with Gasteiger partial charge in [-0.1, -0.05) is 141 Å². The van der Waals surface area contributed by atoms with Crippen LogP contribution in [0.25, 0.3) is 64.3 Å². The van der Waals surface area contributed by atoms with E-state index in [0.29, 0.717) is 0 Å². The van der Waals surface area contributed by atoms with Crippen LogP contribution in [0.5, 0.6) is 0 Å². The molecule has 0 radical (unpaired) electrons. The Morgan fingerprint density at radius 1 is 0.451 bits per heavy atom. The first-order chi connectivity index (χ1) is 25.1. The van der Waals surface area contributed by atoms with Gasteiger partial charge in [0.2, 0.25) is 0 Å². The Labute approximate surface area is 302 Å². The van der Waals surface area contributed by atoms with Crippen LogP contribution in [-0.2, 0) is 5.41 Å². The maximum absolute atomic E-state index is 2.48. The molecule has 0 N–H and O–H groups in total. The Kier molecular flexibility index (Phi) is 6.78. The minimum Gasteiger partial charge on any atom is -0.311 e. The van der Waals surface area contributed by atoms with Gasteiger partial charge in [-0.2, -0.15) is 0 Å². The molecule has 242 valence electrons. The van der Waals surface area contributed by atoms with E-state index in [2.05, 4.69) is 195 Å². The second-order valence-corrected chi connectivity index (χ2v) is 15.2. The number of thiophene rings is 1. The summed E-state index contributed by atoms with van der Waals surface area (Å²) in [5, 5.41) is 5.33. The maximum atomic E-state index is 2.48. The lowest BCUT2D eigenvalue weighted by Crippen LogP contribution is -2.24. The van der Waals surface area contributed by atoms with Gasteiger partial charge in [-0.25, -0.2) is 0 Å². The molecule has 9 aromatic rings. The van der Waals surface area contributed by atoms with Crippen molar-refractivity contribution in [2.75, 3.05) is 4.90 Å². The summed E-state index contributed by atoms with van der Waals surface area (Å²) in [5.41, 5.74) is 13.7. The monoisotopic (exact) mass is 669 g/mol. The molecule has 0 aliphatic heterocycles. The van der Waals surface area contributed by atoms with Gasteiger partial charge in [-0.3, -0.25) is 0 Å². The Morgan fingerprint density at radius 2 is 1.08 bits per heavy atom. The molecule has 0 saturated carbocycles. The summed E-state index contributed by atoms with van der Waals surface area (Å²) in [7, 11) is 0. The Balaban J connectivity index is 1.14. The molecule has 0 spiro atoms. The highest BCUT2D eigenvalue weighted by Gasteiger charge is 2.35. The van der Waals surface area contributed by atoms with Gasteiger partial charge in [0.1, 0.15) is 0 Å². The molecule has 1 aliphatic rings. The van der Waals surface area contributed by atoms with Gasteiger partial charge in [-0.15, -0.1) is 11.3 Å². The number of hydrogen-bond acceptors (Lipinski definition) is 2. The number of anilines is 3. The summed E-state index contributed by atoms with van der Waals surface area (Å²) in [6.07, 6.45) is 0. The molecule has 1 heterocycles. The van der Waals surface area contributed by atoms with Crippen LogP contribution in [0.4, 0.5) is 17.1 Å². The summed E-state index contributed by atoms with van der Waals surface area (Å²) in [6.45, 7) is 4.80. The van der Waals surface area contributed by atoms with E-state index in [4.69, 9.17) is 0 Å². The first-order valence-corrected chi connectivity index (χ1v) is 18.5. The molecule has 0 bridgehead atoms. The molecule has 0 saturated heterocycles. The lowest BCUT2D eigenvalue weighted by molar-refractivity contribution is 0.645. The number of fused-ring (bicyclic) bond motifs is 5. The Bertz CT molecular complexity index is 2720. The molecule has 10 rings (SSSR count). The third-order valence-electron chi connectivity index (χ3n) is 10.9. The van der Waals surface area contributed by atoms with Crippen LogP contribution >= 0.6 is 11.3 Å². The van der Waals surface area contributed by atoms with Gasteiger partial charge in [0.05, 0.1) is 0 Å². The average molecular weight is 670 g/mol. The topological polar surface area (TPSA) is 3.24 Å². The molecule has 1 aliphatic carbocycles. The highest BCUT2D eigenvalue weighted by molar-refractivity contribution is 7.26. The predicted octanol–water partition coefficient (Wildman–Crippen LogP) is 14.3. The lowest BCUT2D eigenvalue weighted by Gasteiger charge is -2.36. The van der Waals surface area contributed by atoms with E-state index in [1.807, 2.05) is 11.3 Å². The van der Waals surface area contributed by atoms with Crippen LogP contribution in [-0.4, -0.2) is 0 Å². The van der Waals surface area contributed by atoms with E-state index in [9.17, 15) is 0 Å². The van der Waals surface area contributed by atoms with E-state index in [0.717, 1.165) is 17.1 Å². The van der Waals surface area contributed by atoms with Gasteiger partial charge >= 0.3 is 0 Å². The summed E-state index contributed by atoms with van der Waals surface area (Å²) in [5.74, 6) is 0. The van der Waals surface area contributed by atoms with Crippen LogP contribution in [0.15, 0.2) is 176 Å². The fraction of sp³-hybridized carbons (Fsp3) is 0.0612. The predicted molar refractivity (Wildman–Crippen MR) is 220 cm³/mol. The van der Waals surface area contributed by atoms with Gasteiger partial charge in [0.25, 0.3) is 0 Å². The van der Waals surface area contributed by atoms with Crippen molar-refractivity contribution in [3.05, 3.63) is 187 Å². The highest BCUT2D eigenvalue weighted by Crippen LogP contribution is 2.53. The van der Waals surface area contributed by atoms with E-state index in [1.54, 1.807) is 0 Å². The second kappa shape index (κ2) is 11.6. The van der Waals surface area contributed by atoms with Crippen LogP contribution in [0.3, 0.4) is 0 Å². The summed E-state index contributed by atoms with van der Waals surface area (Å²) < 4.78 is 2.70. The standard InChI is InChI=1S/C49H35NS/c1-49(2)43-21-11-13-33-25-29-38(32-23-27-37(28-24-32)50(35-14-5-3-6-15-35)36-16-7-4-8-17-36)47(46(33)43)42-30-26-34(31-44(42)49)39-19-12-20-41-40-18-9-10-22-45(40)51-48(39)41/h3-31H,1-2H3. The normalized spacial score (nSPS) is 13.1. The molecule has 0 atom stereocenters. The minimum absolute atomic E-state index is 0.166. The molecular weight excluding hydrogens is 635 g/mol. The van der Waals surface area contributed by atoms with E-state index >= 15 is 0 Å². The molecule has 51 heavy (non-hydrogen) atoms. The van der Waals surface area contributed by atoms with E-state index in [-0.39, 0.29) is 5.41 Å². The minimum atomic E-state index is -0.166. The zero-order valence-electron chi connectivity index (χ0n) is 28.6. The summed E-state index contributed by atoms with van der Waals surface area (Å²) in [4.78, 5) is 2.32. The molecule has 1 nitrogen and oxygen atoms in total. The van der Waals surface area contributed by atoms with Gasteiger partial charge in [0, 0.05) is 42.6 Å². The third kappa shape index (κ3) is 4.67. The number of para-hydroxylation sites is 2. The second-order valence-electron chi connectivity index (χ2n) is 14.1. The number of hydrogen-bond donors (Lipinski definition) is 0. The lowest BCUT2D eigenvalue weighted by atomic mass is 9.67. The fourth-order valence-corrected chi connectivity index (χ4v) is 9.62. The average Bonchev–Trinajstić information content (AvgIpc) is 3.57. The van der Waals surface area contributed by atoms with Crippen molar-refractivity contribution >= 4 is 59.3 Å². The number of rotatable bonds is 5. The molecule has 0 unspecified atom stereocenters. The van der Waals surface area contributed by atoms with Crippen molar-refractivity contribution in [2.45, 2.75) is 19.3 Å². The maximum Gasteiger partial charge on any atom is 0.0462 e. The van der Waals surface area contributed by atoms with Gasteiger partial charge < -0.3 is 4.90 Å². The third-order valence-corrected chi connectivity index (χ3v) is 12.1. The molecule has 2 heteroatoms. The zero-order valence-corrected chi connectivity index (χ0v) is 29.4. The van der Waals surface area contributed by atoms with E-state index in [1.165, 1.54) is 75.5 Å². The van der Waals surface area contributed by atoms with Gasteiger partial charge in [-0.05, 0) is 104 Å². The SMILES string of the molecule is CC1(C)c2cc(-c3cccc4c3sc3ccccc34)ccc2-c2c(-c3ccc(N(c4ccccc4)c4ccccc4)cc3)ccc3cccc1c23. The van der Waals surface area contributed by atoms with Crippen LogP contribution in [0.2, 0.25) is 0 Å². The van der Waals surface area contributed by atoms with Crippen LogP contribution in [0, 0.1) is 0 Å². The zero-order chi connectivity index (χ0) is 34.1. The van der Waals surface area contributed by atoms with Gasteiger partial charge in [0.15, 0.2) is 0 Å². The first-order valence-electron chi connectivity index (χ1n) is 17.7. The first kappa shape index (κ1) is 29.9. The summed E-state index contributed by atoms with van der Waals surface area (Å²) >= 11 is 1.90. The van der Waals surface area contributed by atoms with Crippen LogP contribution in [0.1, 0.15) is 25.0 Å². The highest BCUT2D eigenvalue weighted by atomic mass is 32.1. The fourth-order valence-electron chi connectivity index (χ4n) is 8.38.